The van der Waals surface area contributed by atoms with Crippen molar-refractivity contribution in [3.8, 4) is 0 Å². The van der Waals surface area contributed by atoms with Gasteiger partial charge in [-0.25, -0.2) is 9.97 Å². The van der Waals surface area contributed by atoms with Crippen molar-refractivity contribution in [2.75, 3.05) is 14.1 Å². The average Bonchev–Trinajstić information content (AvgIpc) is 3.11. The first-order valence-corrected chi connectivity index (χ1v) is 15.7. The minimum Gasteiger partial charge on any atom is -0.355 e. The minimum absolute atomic E-state index is 0.00825. The lowest BCUT2D eigenvalue weighted by Crippen LogP contribution is -2.32. The lowest BCUT2D eigenvalue weighted by molar-refractivity contribution is 0.0754. The summed E-state index contributed by atoms with van der Waals surface area (Å²) in [5.41, 5.74) is 4.17. The van der Waals surface area contributed by atoms with Gasteiger partial charge in [0.25, 0.3) is 22.9 Å². The van der Waals surface area contributed by atoms with Crippen LogP contribution in [-0.2, 0) is 13.1 Å². The molecule has 0 aliphatic carbocycles. The summed E-state index contributed by atoms with van der Waals surface area (Å²) in [5.74, 6) is -0.151. The van der Waals surface area contributed by atoms with Gasteiger partial charge in [0, 0.05) is 36.3 Å². The van der Waals surface area contributed by atoms with Gasteiger partial charge in [-0.1, -0.05) is 48.0 Å². The summed E-state index contributed by atoms with van der Waals surface area (Å²) in [4.78, 5) is 59.2. The second-order valence-electron chi connectivity index (χ2n) is 11.5. The Morgan fingerprint density at radius 1 is 0.750 bits per heavy atom. The fraction of sp³-hybridized carbons (Fsp3) is 0.189. The highest BCUT2D eigenvalue weighted by atomic mass is 35.5. The molecule has 0 aliphatic heterocycles. The van der Waals surface area contributed by atoms with E-state index in [0.29, 0.717) is 51.0 Å². The third kappa shape index (κ3) is 7.67. The number of hydrogen-bond acceptors (Lipinski definition) is 6. The highest BCUT2D eigenvalue weighted by molar-refractivity contribution is 6.31. The Hall–Kier alpha value is -5.61. The van der Waals surface area contributed by atoms with Gasteiger partial charge < -0.3 is 10.2 Å². The van der Waals surface area contributed by atoms with E-state index in [4.69, 9.17) is 11.6 Å². The van der Waals surface area contributed by atoms with Crippen LogP contribution >= 0.6 is 11.6 Å². The maximum atomic E-state index is 12.5. The van der Waals surface area contributed by atoms with Gasteiger partial charge in [-0.3, -0.25) is 28.3 Å². The van der Waals surface area contributed by atoms with Crippen LogP contribution in [0.15, 0.2) is 113 Å². The first-order chi connectivity index (χ1) is 23.0. The van der Waals surface area contributed by atoms with E-state index in [1.54, 1.807) is 78.4 Å². The van der Waals surface area contributed by atoms with Crippen LogP contribution in [0.3, 0.4) is 0 Å². The molecule has 0 fully saturated rings. The molecule has 244 valence electrons. The van der Waals surface area contributed by atoms with Crippen molar-refractivity contribution in [1.29, 1.82) is 0 Å². The molecule has 2 amide bonds. The van der Waals surface area contributed by atoms with E-state index in [-0.39, 0.29) is 29.0 Å². The first-order valence-electron chi connectivity index (χ1n) is 15.3. The normalized spacial score (nSPS) is 10.9. The molecule has 4 aromatic carbocycles. The standard InChI is InChI=1S/C20H21N3O2.C17H14ClN3O2/c1-14(2)22(3)19(24)16-10-8-15(9-11-16)12-23-13-21-18-7-5-4-6-17(18)20(23)25;1-19-16(22)12-4-2-11(3-5-12)9-21-10-20-15-7-6-13(18)8-14(15)17(21)23/h4-11,13-14H,12H2,1-3H3;2-8,10H,9H2,1H3,(H,19,22). The zero-order valence-corrected chi connectivity index (χ0v) is 27.8. The third-order valence-electron chi connectivity index (χ3n) is 7.96. The molecule has 0 radical (unpaired) electrons. The maximum Gasteiger partial charge on any atom is 0.261 e. The van der Waals surface area contributed by atoms with Gasteiger partial charge in [0.1, 0.15) is 0 Å². The molecule has 0 bridgehead atoms. The molecule has 2 heterocycles. The number of fused-ring (bicyclic) bond motifs is 2. The Labute approximate surface area is 282 Å². The van der Waals surface area contributed by atoms with Gasteiger partial charge in [-0.15, -0.1) is 0 Å². The van der Waals surface area contributed by atoms with Crippen molar-refractivity contribution in [2.45, 2.75) is 33.0 Å². The lowest BCUT2D eigenvalue weighted by Gasteiger charge is -2.21. The van der Waals surface area contributed by atoms with Crippen molar-refractivity contribution in [3.05, 3.63) is 152 Å². The fourth-order valence-electron chi connectivity index (χ4n) is 4.95. The van der Waals surface area contributed by atoms with Crippen LogP contribution in [0.4, 0.5) is 0 Å². The molecular weight excluding hydrogens is 628 g/mol. The van der Waals surface area contributed by atoms with E-state index < -0.39 is 0 Å². The van der Waals surface area contributed by atoms with E-state index in [1.165, 1.54) is 10.9 Å². The number of halogens is 1. The molecule has 1 N–H and O–H groups in total. The van der Waals surface area contributed by atoms with Crippen molar-refractivity contribution in [3.63, 3.8) is 0 Å². The number of nitrogens with zero attached hydrogens (tertiary/aromatic N) is 5. The summed E-state index contributed by atoms with van der Waals surface area (Å²) in [5, 5.41) is 4.17. The molecule has 2 aromatic heterocycles. The molecule has 11 heteroatoms. The number of para-hydroxylation sites is 1. The van der Waals surface area contributed by atoms with Crippen LogP contribution in [0.25, 0.3) is 21.8 Å². The molecule has 0 spiro atoms. The molecule has 0 aliphatic rings. The van der Waals surface area contributed by atoms with Crippen LogP contribution in [0, 0.1) is 0 Å². The lowest BCUT2D eigenvalue weighted by atomic mass is 10.1. The zero-order valence-electron chi connectivity index (χ0n) is 27.1. The third-order valence-corrected chi connectivity index (χ3v) is 8.20. The SMILES string of the molecule is CC(C)N(C)C(=O)c1ccc(Cn2cnc3ccccc3c2=O)cc1.CNC(=O)c1ccc(Cn2cnc3ccc(Cl)cc3c2=O)cc1. The summed E-state index contributed by atoms with van der Waals surface area (Å²) in [6.45, 7) is 4.75. The molecule has 10 nitrogen and oxygen atoms in total. The van der Waals surface area contributed by atoms with Crippen molar-refractivity contribution in [1.82, 2.24) is 29.3 Å². The van der Waals surface area contributed by atoms with Crippen LogP contribution in [0.5, 0.6) is 0 Å². The van der Waals surface area contributed by atoms with Gasteiger partial charge in [0.2, 0.25) is 0 Å². The van der Waals surface area contributed by atoms with E-state index in [0.717, 1.165) is 11.1 Å². The van der Waals surface area contributed by atoms with Crippen LogP contribution in [0.1, 0.15) is 45.7 Å². The Kier molecular flexibility index (Phi) is 10.5. The van der Waals surface area contributed by atoms with E-state index >= 15 is 0 Å². The summed E-state index contributed by atoms with van der Waals surface area (Å²) in [6.07, 6.45) is 3.08. The number of amides is 2. The maximum absolute atomic E-state index is 12.5. The van der Waals surface area contributed by atoms with Crippen LogP contribution < -0.4 is 16.4 Å². The predicted molar refractivity (Wildman–Crippen MR) is 189 cm³/mol. The van der Waals surface area contributed by atoms with Crippen molar-refractivity contribution in [2.24, 2.45) is 0 Å². The summed E-state index contributed by atoms with van der Waals surface area (Å²) >= 11 is 5.95. The smallest absolute Gasteiger partial charge is 0.261 e. The Morgan fingerprint density at radius 2 is 1.27 bits per heavy atom. The monoisotopic (exact) mass is 662 g/mol. The van der Waals surface area contributed by atoms with Gasteiger partial charge in [0.05, 0.1) is 47.6 Å². The quantitative estimate of drug-likeness (QED) is 0.245. The Morgan fingerprint density at radius 3 is 1.83 bits per heavy atom. The molecule has 6 aromatic rings. The van der Waals surface area contributed by atoms with E-state index in [9.17, 15) is 19.2 Å². The van der Waals surface area contributed by atoms with Gasteiger partial charge in [0.15, 0.2) is 0 Å². The van der Waals surface area contributed by atoms with Crippen LogP contribution in [-0.4, -0.2) is 56.0 Å². The number of carbonyl (C=O) groups is 2. The number of benzene rings is 4. The number of aromatic nitrogens is 4. The van der Waals surface area contributed by atoms with Crippen molar-refractivity contribution < 1.29 is 9.59 Å². The fourth-order valence-corrected chi connectivity index (χ4v) is 5.12. The summed E-state index contributed by atoms with van der Waals surface area (Å²) in [7, 11) is 3.38. The summed E-state index contributed by atoms with van der Waals surface area (Å²) < 4.78 is 3.10. The second-order valence-corrected chi connectivity index (χ2v) is 12.0. The van der Waals surface area contributed by atoms with Crippen LogP contribution in [0.2, 0.25) is 5.02 Å². The molecule has 0 atom stereocenters. The van der Waals surface area contributed by atoms with E-state index in [1.807, 2.05) is 56.3 Å². The average molecular weight is 663 g/mol. The van der Waals surface area contributed by atoms with Crippen molar-refractivity contribution >= 4 is 45.2 Å². The largest absolute Gasteiger partial charge is 0.355 e. The predicted octanol–water partition coefficient (Wildman–Crippen LogP) is 5.38. The number of carbonyl (C=O) groups excluding carboxylic acids is 2. The molecule has 0 saturated heterocycles. The molecule has 6 rings (SSSR count). The molecule has 48 heavy (non-hydrogen) atoms. The zero-order chi connectivity index (χ0) is 34.4. The molecule has 0 unspecified atom stereocenters. The molecular formula is C37H35ClN6O4. The Balaban J connectivity index is 0.000000188. The Bertz CT molecular complexity index is 2210. The second kappa shape index (κ2) is 14.9. The van der Waals surface area contributed by atoms with Gasteiger partial charge in [-0.2, -0.15) is 0 Å². The minimum atomic E-state index is -0.145. The van der Waals surface area contributed by atoms with E-state index in [2.05, 4.69) is 15.3 Å². The number of hydrogen-bond donors (Lipinski definition) is 1. The number of rotatable bonds is 7. The highest BCUT2D eigenvalue weighted by Crippen LogP contribution is 2.15. The first kappa shape index (κ1) is 33.7. The summed E-state index contributed by atoms with van der Waals surface area (Å²) in [6, 6.07) is 27.0. The topological polar surface area (TPSA) is 119 Å². The van der Waals surface area contributed by atoms with Gasteiger partial charge in [-0.05, 0) is 79.6 Å². The highest BCUT2D eigenvalue weighted by Gasteiger charge is 2.14. The number of nitrogens with one attached hydrogen (secondary N) is 1. The molecule has 0 saturated carbocycles. The van der Waals surface area contributed by atoms with Gasteiger partial charge >= 0.3 is 0 Å².